The highest BCUT2D eigenvalue weighted by atomic mass is 79.9. The van der Waals surface area contributed by atoms with Gasteiger partial charge in [0.05, 0.1) is 13.8 Å². The van der Waals surface area contributed by atoms with Gasteiger partial charge >= 0.3 is 5.76 Å². The molecule has 0 aliphatic rings. The SMILES string of the molecule is O=C(COc1c(Br)cccc1Br)Nc1ccc(S(=O)(=O)C(F)F)cc1. The van der Waals surface area contributed by atoms with Gasteiger partial charge in [0.1, 0.15) is 5.75 Å². The van der Waals surface area contributed by atoms with Crippen LogP contribution in [0.5, 0.6) is 5.75 Å². The molecule has 0 radical (unpaired) electrons. The molecule has 5 nitrogen and oxygen atoms in total. The van der Waals surface area contributed by atoms with Crippen molar-refractivity contribution < 1.29 is 26.7 Å². The summed E-state index contributed by atoms with van der Waals surface area (Å²) in [4.78, 5) is 11.4. The van der Waals surface area contributed by atoms with Crippen molar-refractivity contribution in [3.63, 3.8) is 0 Å². The van der Waals surface area contributed by atoms with Crippen LogP contribution in [0.15, 0.2) is 56.3 Å². The van der Waals surface area contributed by atoms with Gasteiger partial charge in [0, 0.05) is 5.69 Å². The molecule has 0 saturated heterocycles. The van der Waals surface area contributed by atoms with Crippen LogP contribution in [0.25, 0.3) is 0 Å². The fourth-order valence-electron chi connectivity index (χ4n) is 1.79. The Balaban J connectivity index is 1.99. The van der Waals surface area contributed by atoms with Gasteiger partial charge in [-0.1, -0.05) is 6.07 Å². The molecular formula is C15H11Br2F2NO4S. The summed E-state index contributed by atoms with van der Waals surface area (Å²) in [5.74, 6) is -3.53. The van der Waals surface area contributed by atoms with Gasteiger partial charge in [-0.3, -0.25) is 4.79 Å². The van der Waals surface area contributed by atoms with E-state index in [1.165, 1.54) is 12.1 Å². The van der Waals surface area contributed by atoms with Gasteiger partial charge in [-0.05, 0) is 68.3 Å². The molecule has 134 valence electrons. The lowest BCUT2D eigenvalue weighted by Gasteiger charge is -2.11. The number of ether oxygens (including phenoxy) is 1. The van der Waals surface area contributed by atoms with Crippen molar-refractivity contribution in [3.8, 4) is 5.75 Å². The number of rotatable bonds is 6. The lowest BCUT2D eigenvalue weighted by Crippen LogP contribution is -2.20. The van der Waals surface area contributed by atoms with E-state index in [1.807, 2.05) is 0 Å². The topological polar surface area (TPSA) is 72.5 Å². The Hall–Kier alpha value is -1.52. The van der Waals surface area contributed by atoms with Crippen LogP contribution < -0.4 is 10.1 Å². The van der Waals surface area contributed by atoms with Crippen molar-refractivity contribution in [2.45, 2.75) is 10.7 Å². The van der Waals surface area contributed by atoms with E-state index < -0.39 is 26.4 Å². The minimum Gasteiger partial charge on any atom is -0.481 e. The van der Waals surface area contributed by atoms with Gasteiger partial charge in [0.2, 0.25) is 9.84 Å². The molecule has 0 bridgehead atoms. The van der Waals surface area contributed by atoms with E-state index >= 15 is 0 Å². The molecule has 0 unspecified atom stereocenters. The lowest BCUT2D eigenvalue weighted by atomic mass is 10.3. The van der Waals surface area contributed by atoms with Crippen molar-refractivity contribution in [2.24, 2.45) is 0 Å². The molecule has 2 aromatic carbocycles. The van der Waals surface area contributed by atoms with Crippen LogP contribution >= 0.6 is 31.9 Å². The van der Waals surface area contributed by atoms with E-state index in [0.29, 0.717) is 14.7 Å². The Morgan fingerprint density at radius 1 is 1.08 bits per heavy atom. The number of nitrogens with one attached hydrogen (secondary N) is 1. The minimum absolute atomic E-state index is 0.257. The minimum atomic E-state index is -4.66. The number of halogens is 4. The normalized spacial score (nSPS) is 11.4. The number of alkyl halides is 2. The fourth-order valence-corrected chi connectivity index (χ4v) is 3.73. The van der Waals surface area contributed by atoms with Crippen molar-refractivity contribution >= 4 is 53.3 Å². The third-order valence-corrected chi connectivity index (χ3v) is 5.61. The van der Waals surface area contributed by atoms with Gasteiger partial charge in [-0.15, -0.1) is 0 Å². The van der Waals surface area contributed by atoms with Gasteiger partial charge in [-0.2, -0.15) is 8.78 Å². The molecule has 25 heavy (non-hydrogen) atoms. The molecule has 0 aliphatic carbocycles. The number of anilines is 1. The molecule has 0 aliphatic heterocycles. The molecular weight excluding hydrogens is 488 g/mol. The van der Waals surface area contributed by atoms with Crippen LogP contribution in [0.1, 0.15) is 0 Å². The average Bonchev–Trinajstić information content (AvgIpc) is 2.54. The zero-order valence-electron chi connectivity index (χ0n) is 12.4. The largest absolute Gasteiger partial charge is 0.481 e. The Labute approximate surface area is 159 Å². The van der Waals surface area contributed by atoms with Gasteiger partial charge < -0.3 is 10.1 Å². The maximum Gasteiger partial charge on any atom is 0.341 e. The first-order valence-corrected chi connectivity index (χ1v) is 9.84. The number of carbonyl (C=O) groups is 1. The number of sulfone groups is 1. The fraction of sp³-hybridized carbons (Fsp3) is 0.133. The molecule has 1 amide bonds. The Morgan fingerprint density at radius 3 is 2.16 bits per heavy atom. The number of para-hydroxylation sites is 1. The van der Waals surface area contributed by atoms with Crippen LogP contribution in [-0.2, 0) is 14.6 Å². The molecule has 0 saturated carbocycles. The number of hydrogen-bond acceptors (Lipinski definition) is 4. The summed E-state index contributed by atoms with van der Waals surface area (Å²) >= 11 is 6.59. The molecule has 0 heterocycles. The van der Waals surface area contributed by atoms with E-state index in [-0.39, 0.29) is 12.3 Å². The van der Waals surface area contributed by atoms with Crippen LogP contribution in [0.3, 0.4) is 0 Å². The van der Waals surface area contributed by atoms with Gasteiger partial charge in [-0.25, -0.2) is 8.42 Å². The maximum atomic E-state index is 12.5. The highest BCUT2D eigenvalue weighted by Crippen LogP contribution is 2.32. The van der Waals surface area contributed by atoms with E-state index in [4.69, 9.17) is 4.74 Å². The van der Waals surface area contributed by atoms with E-state index in [9.17, 15) is 22.0 Å². The van der Waals surface area contributed by atoms with E-state index in [2.05, 4.69) is 37.2 Å². The van der Waals surface area contributed by atoms with E-state index in [0.717, 1.165) is 12.1 Å². The standard InChI is InChI=1S/C15H11Br2F2NO4S/c16-11-2-1-3-12(17)14(11)24-8-13(21)20-9-4-6-10(7-5-9)25(22,23)15(18)19/h1-7,15H,8H2,(H,20,21). The zero-order chi connectivity index (χ0) is 18.6. The molecule has 1 N–H and O–H groups in total. The summed E-state index contributed by atoms with van der Waals surface area (Å²) in [6, 6.07) is 9.74. The first-order chi connectivity index (χ1) is 11.7. The smallest absolute Gasteiger partial charge is 0.341 e. The van der Waals surface area contributed by atoms with Crippen molar-refractivity contribution in [2.75, 3.05) is 11.9 Å². The number of hydrogen-bond donors (Lipinski definition) is 1. The zero-order valence-corrected chi connectivity index (χ0v) is 16.4. The number of benzene rings is 2. The Kier molecular flexibility index (Phi) is 6.53. The summed E-state index contributed by atoms with van der Waals surface area (Å²) < 4.78 is 54.3. The molecule has 10 heteroatoms. The molecule has 0 atom stereocenters. The van der Waals surface area contributed by atoms with Crippen LogP contribution in [0, 0.1) is 0 Å². The summed E-state index contributed by atoms with van der Waals surface area (Å²) in [6.45, 7) is -0.293. The second-order valence-electron chi connectivity index (χ2n) is 4.72. The highest BCUT2D eigenvalue weighted by Gasteiger charge is 2.26. The van der Waals surface area contributed by atoms with Gasteiger partial charge in [0.25, 0.3) is 5.91 Å². The molecule has 0 spiro atoms. The predicted molar refractivity (Wildman–Crippen MR) is 95.6 cm³/mol. The molecule has 2 aromatic rings. The van der Waals surface area contributed by atoms with Crippen LogP contribution in [-0.4, -0.2) is 26.7 Å². The first kappa shape index (κ1) is 19.8. The monoisotopic (exact) mass is 497 g/mol. The van der Waals surface area contributed by atoms with Crippen molar-refractivity contribution in [3.05, 3.63) is 51.4 Å². The highest BCUT2D eigenvalue weighted by molar-refractivity contribution is 9.11. The van der Waals surface area contributed by atoms with Crippen LogP contribution in [0.4, 0.5) is 14.5 Å². The van der Waals surface area contributed by atoms with E-state index in [1.54, 1.807) is 18.2 Å². The Bertz CT molecular complexity index is 853. The quantitative estimate of drug-likeness (QED) is 0.647. The summed E-state index contributed by atoms with van der Waals surface area (Å²) in [7, 11) is -4.66. The third kappa shape index (κ3) is 4.99. The van der Waals surface area contributed by atoms with Crippen LogP contribution in [0.2, 0.25) is 0 Å². The summed E-state index contributed by atoms with van der Waals surface area (Å²) in [5.41, 5.74) is 0.257. The summed E-state index contributed by atoms with van der Waals surface area (Å²) in [5, 5.41) is 2.48. The van der Waals surface area contributed by atoms with Crippen molar-refractivity contribution in [1.29, 1.82) is 0 Å². The predicted octanol–water partition coefficient (Wildman–Crippen LogP) is 4.23. The average molecular weight is 499 g/mol. The first-order valence-electron chi connectivity index (χ1n) is 6.70. The molecule has 2 rings (SSSR count). The second-order valence-corrected chi connectivity index (χ2v) is 8.34. The maximum absolute atomic E-state index is 12.5. The molecule has 0 aromatic heterocycles. The molecule has 0 fully saturated rings. The second kappa shape index (κ2) is 8.24. The lowest BCUT2D eigenvalue weighted by molar-refractivity contribution is -0.118. The number of amides is 1. The van der Waals surface area contributed by atoms with Gasteiger partial charge in [0.15, 0.2) is 6.61 Å². The summed E-state index contributed by atoms with van der Waals surface area (Å²) in [6.07, 6.45) is 0. The third-order valence-electron chi connectivity index (χ3n) is 2.97. The number of carbonyl (C=O) groups excluding carboxylic acids is 1. The Morgan fingerprint density at radius 2 is 1.64 bits per heavy atom. The van der Waals surface area contributed by atoms with Crippen molar-refractivity contribution in [1.82, 2.24) is 0 Å².